The molecule has 1 amide bonds. The Morgan fingerprint density at radius 1 is 1.19 bits per heavy atom. The average molecular weight is 305 g/mol. The summed E-state index contributed by atoms with van der Waals surface area (Å²) >= 11 is 0. The molecule has 0 bridgehead atoms. The summed E-state index contributed by atoms with van der Waals surface area (Å²) in [6, 6.07) is 2.97. The number of amides is 1. The number of aryl methyl sites for hydroxylation is 1. The molecule has 0 fully saturated rings. The minimum atomic E-state index is -4.50. The topological polar surface area (TPSA) is 20.3 Å². The van der Waals surface area contributed by atoms with Crippen molar-refractivity contribution >= 4 is 5.91 Å². The maximum Gasteiger partial charge on any atom is 0.406 e. The fraction of sp³-hybridized carbons (Fsp3) is 0.533. The number of alkyl halides is 3. The number of rotatable bonds is 4. The molecule has 1 aromatic rings. The van der Waals surface area contributed by atoms with Gasteiger partial charge in [-0.2, -0.15) is 13.2 Å². The van der Waals surface area contributed by atoms with Crippen molar-refractivity contribution < 1.29 is 22.4 Å². The van der Waals surface area contributed by atoms with Gasteiger partial charge in [-0.15, -0.1) is 0 Å². The molecule has 0 aromatic heterocycles. The Labute approximate surface area is 121 Å². The van der Waals surface area contributed by atoms with E-state index < -0.39 is 30.5 Å². The van der Waals surface area contributed by atoms with Gasteiger partial charge in [-0.1, -0.05) is 13.8 Å². The molecule has 0 saturated carbocycles. The number of hydrogen-bond donors (Lipinski definition) is 0. The molecule has 1 aromatic carbocycles. The van der Waals surface area contributed by atoms with Crippen molar-refractivity contribution in [2.24, 2.45) is 5.92 Å². The Morgan fingerprint density at radius 2 is 1.76 bits per heavy atom. The van der Waals surface area contributed by atoms with E-state index in [4.69, 9.17) is 0 Å². The third-order valence-electron chi connectivity index (χ3n) is 3.36. The van der Waals surface area contributed by atoms with Gasteiger partial charge in [-0.3, -0.25) is 4.79 Å². The maximum absolute atomic E-state index is 13.4. The van der Waals surface area contributed by atoms with Crippen LogP contribution in [0.4, 0.5) is 17.6 Å². The second kappa shape index (κ2) is 6.45. The SMILES string of the molecule is Cc1cc(F)cc(C(=O)N(CC(F)(F)F)[C@@H](C)C(C)C)c1. The molecule has 21 heavy (non-hydrogen) atoms. The molecule has 6 heteroatoms. The molecule has 0 unspecified atom stereocenters. The lowest BCUT2D eigenvalue weighted by atomic mass is 10.0. The van der Waals surface area contributed by atoms with Crippen molar-refractivity contribution in [2.75, 3.05) is 6.54 Å². The Bertz CT molecular complexity index is 491. The second-order valence-electron chi connectivity index (χ2n) is 5.55. The lowest BCUT2D eigenvalue weighted by Gasteiger charge is -2.32. The van der Waals surface area contributed by atoms with Gasteiger partial charge in [0.25, 0.3) is 5.91 Å². The van der Waals surface area contributed by atoms with E-state index in [-0.39, 0.29) is 11.5 Å². The largest absolute Gasteiger partial charge is 0.406 e. The number of hydrogen-bond acceptors (Lipinski definition) is 1. The molecule has 0 heterocycles. The highest BCUT2D eigenvalue weighted by Crippen LogP contribution is 2.23. The summed E-state index contributed by atoms with van der Waals surface area (Å²) in [4.78, 5) is 13.1. The quantitative estimate of drug-likeness (QED) is 0.764. The van der Waals surface area contributed by atoms with Gasteiger partial charge in [0.1, 0.15) is 12.4 Å². The average Bonchev–Trinajstić information content (AvgIpc) is 2.31. The monoisotopic (exact) mass is 305 g/mol. The molecule has 0 aliphatic carbocycles. The Hall–Kier alpha value is -1.59. The summed E-state index contributed by atoms with van der Waals surface area (Å²) < 4.78 is 51.4. The van der Waals surface area contributed by atoms with Crippen LogP contribution >= 0.6 is 0 Å². The summed E-state index contributed by atoms with van der Waals surface area (Å²) in [7, 11) is 0. The van der Waals surface area contributed by atoms with Crippen LogP contribution in [-0.4, -0.2) is 29.6 Å². The van der Waals surface area contributed by atoms with Crippen molar-refractivity contribution in [3.05, 3.63) is 35.1 Å². The van der Waals surface area contributed by atoms with Crippen LogP contribution in [0.3, 0.4) is 0 Å². The Balaban J connectivity index is 3.15. The van der Waals surface area contributed by atoms with E-state index in [9.17, 15) is 22.4 Å². The minimum absolute atomic E-state index is 0.0655. The smallest absolute Gasteiger partial charge is 0.327 e. The van der Waals surface area contributed by atoms with Crippen molar-refractivity contribution in [3.8, 4) is 0 Å². The summed E-state index contributed by atoms with van der Waals surface area (Å²) in [5.41, 5.74) is 0.423. The molecule has 0 spiro atoms. The standard InChI is InChI=1S/C15H19F4NO/c1-9(2)11(4)20(8-15(17,18)19)14(21)12-5-10(3)6-13(16)7-12/h5-7,9,11H,8H2,1-4H3/t11-/m0/s1. The number of halogens is 4. The molecule has 0 aliphatic rings. The van der Waals surface area contributed by atoms with E-state index in [0.717, 1.165) is 11.0 Å². The van der Waals surface area contributed by atoms with Crippen LogP contribution in [0.15, 0.2) is 18.2 Å². The van der Waals surface area contributed by atoms with Gasteiger partial charge in [0.2, 0.25) is 0 Å². The van der Waals surface area contributed by atoms with Gasteiger partial charge in [0.15, 0.2) is 0 Å². The lowest BCUT2D eigenvalue weighted by Crippen LogP contribution is -2.46. The highest BCUT2D eigenvalue weighted by Gasteiger charge is 2.36. The zero-order valence-corrected chi connectivity index (χ0v) is 12.5. The molecule has 1 atom stereocenters. The van der Waals surface area contributed by atoms with Crippen LogP contribution in [-0.2, 0) is 0 Å². The van der Waals surface area contributed by atoms with Crippen LogP contribution in [0.1, 0.15) is 36.7 Å². The van der Waals surface area contributed by atoms with E-state index in [2.05, 4.69) is 0 Å². The number of carbonyl (C=O) groups excluding carboxylic acids is 1. The van der Waals surface area contributed by atoms with E-state index in [1.165, 1.54) is 12.1 Å². The number of nitrogens with zero attached hydrogens (tertiary/aromatic N) is 1. The third-order valence-corrected chi connectivity index (χ3v) is 3.36. The third kappa shape index (κ3) is 5.02. The zero-order valence-electron chi connectivity index (χ0n) is 12.5. The first-order chi connectivity index (χ1) is 9.51. The number of carbonyl (C=O) groups is 1. The van der Waals surface area contributed by atoms with Gasteiger partial charge in [-0.05, 0) is 43.5 Å². The molecule has 0 saturated heterocycles. The van der Waals surface area contributed by atoms with E-state index in [1.807, 2.05) is 0 Å². The molecular formula is C15H19F4NO. The minimum Gasteiger partial charge on any atom is -0.327 e. The van der Waals surface area contributed by atoms with E-state index >= 15 is 0 Å². The van der Waals surface area contributed by atoms with Crippen molar-refractivity contribution in [1.29, 1.82) is 0 Å². The Kier molecular flexibility index (Phi) is 5.36. The normalized spacial score (nSPS) is 13.4. The highest BCUT2D eigenvalue weighted by molar-refractivity contribution is 5.94. The molecule has 0 N–H and O–H groups in total. The second-order valence-corrected chi connectivity index (χ2v) is 5.55. The van der Waals surface area contributed by atoms with Crippen LogP contribution in [0.5, 0.6) is 0 Å². The molecular weight excluding hydrogens is 286 g/mol. The lowest BCUT2D eigenvalue weighted by molar-refractivity contribution is -0.145. The molecule has 1 rings (SSSR count). The van der Waals surface area contributed by atoms with Gasteiger partial charge in [0.05, 0.1) is 0 Å². The first-order valence-electron chi connectivity index (χ1n) is 6.66. The first-order valence-corrected chi connectivity index (χ1v) is 6.66. The van der Waals surface area contributed by atoms with Crippen LogP contribution < -0.4 is 0 Å². The zero-order chi connectivity index (χ0) is 16.4. The van der Waals surface area contributed by atoms with Gasteiger partial charge in [0, 0.05) is 11.6 Å². The fourth-order valence-electron chi connectivity index (χ4n) is 1.98. The van der Waals surface area contributed by atoms with Crippen molar-refractivity contribution in [1.82, 2.24) is 4.90 Å². The van der Waals surface area contributed by atoms with Crippen LogP contribution in [0.2, 0.25) is 0 Å². The van der Waals surface area contributed by atoms with E-state index in [1.54, 1.807) is 27.7 Å². The fourth-order valence-corrected chi connectivity index (χ4v) is 1.98. The van der Waals surface area contributed by atoms with Gasteiger partial charge < -0.3 is 4.90 Å². The summed E-state index contributed by atoms with van der Waals surface area (Å²) in [6.07, 6.45) is -4.50. The predicted molar refractivity (Wildman–Crippen MR) is 72.5 cm³/mol. The van der Waals surface area contributed by atoms with Crippen LogP contribution in [0, 0.1) is 18.7 Å². The summed E-state index contributed by atoms with van der Waals surface area (Å²) in [6.45, 7) is 5.26. The summed E-state index contributed by atoms with van der Waals surface area (Å²) in [5, 5.41) is 0. The van der Waals surface area contributed by atoms with Crippen molar-refractivity contribution in [2.45, 2.75) is 39.9 Å². The highest BCUT2D eigenvalue weighted by atomic mass is 19.4. The summed E-state index contributed by atoms with van der Waals surface area (Å²) in [5.74, 6) is -1.59. The molecule has 0 radical (unpaired) electrons. The maximum atomic E-state index is 13.4. The predicted octanol–water partition coefficient (Wildman–Crippen LogP) is 4.18. The number of benzene rings is 1. The Morgan fingerprint density at radius 3 is 2.19 bits per heavy atom. The van der Waals surface area contributed by atoms with Crippen LogP contribution in [0.25, 0.3) is 0 Å². The van der Waals surface area contributed by atoms with E-state index in [0.29, 0.717) is 5.56 Å². The molecule has 118 valence electrons. The van der Waals surface area contributed by atoms with Crippen molar-refractivity contribution in [3.63, 3.8) is 0 Å². The molecule has 2 nitrogen and oxygen atoms in total. The van der Waals surface area contributed by atoms with Gasteiger partial charge >= 0.3 is 6.18 Å². The first kappa shape index (κ1) is 17.5. The molecule has 0 aliphatic heterocycles. The van der Waals surface area contributed by atoms with Gasteiger partial charge in [-0.25, -0.2) is 4.39 Å².